The van der Waals surface area contributed by atoms with Crippen LogP contribution in [0.2, 0.25) is 0 Å². The first kappa shape index (κ1) is 36.8. The van der Waals surface area contributed by atoms with E-state index in [9.17, 15) is 14.4 Å². The lowest BCUT2D eigenvalue weighted by molar-refractivity contribution is -0.235. The molecule has 55 heavy (non-hydrogen) atoms. The molecule has 0 aromatic heterocycles. The fourth-order valence-electron chi connectivity index (χ4n) is 15.8. The van der Waals surface area contributed by atoms with Crippen molar-refractivity contribution in [2.24, 2.45) is 87.8 Å². The molecule has 302 valence electrons. The van der Waals surface area contributed by atoms with E-state index in [-0.39, 0.29) is 47.6 Å². The van der Waals surface area contributed by atoms with E-state index < -0.39 is 69.8 Å². The normalized spacial score (nSPS) is 50.4. The van der Waals surface area contributed by atoms with E-state index in [0.717, 1.165) is 57.8 Å². The number of hydrogen-bond acceptors (Lipinski definition) is 10. The van der Waals surface area contributed by atoms with Crippen LogP contribution >= 0.6 is 0 Å². The highest BCUT2D eigenvalue weighted by molar-refractivity contribution is 5.97. The topological polar surface area (TPSA) is 132 Å². The Morgan fingerprint density at radius 1 is 0.727 bits per heavy atom. The number of hydrogen-bond donors (Lipinski definition) is 0. The lowest BCUT2D eigenvalue weighted by atomic mass is 9.50. The van der Waals surface area contributed by atoms with Gasteiger partial charge in [-0.05, 0) is 164 Å². The van der Waals surface area contributed by atoms with Crippen LogP contribution in [-0.2, 0) is 47.7 Å². The number of carbonyl (C=O) groups excluding carboxylic acids is 5. The van der Waals surface area contributed by atoms with E-state index in [4.69, 9.17) is 23.7 Å². The molecule has 8 aliphatic carbocycles. The van der Waals surface area contributed by atoms with Gasteiger partial charge in [0.25, 0.3) is 0 Å². The summed E-state index contributed by atoms with van der Waals surface area (Å²) < 4.78 is 31.8. The molecule has 4 saturated heterocycles. The monoisotopic (exact) mass is 762 g/mol. The van der Waals surface area contributed by atoms with Crippen molar-refractivity contribution in [3.05, 3.63) is 0 Å². The second-order valence-electron chi connectivity index (χ2n) is 21.6. The van der Waals surface area contributed by atoms with E-state index >= 15 is 9.59 Å². The van der Waals surface area contributed by atoms with Crippen LogP contribution in [0.5, 0.6) is 0 Å². The van der Waals surface area contributed by atoms with Gasteiger partial charge in [-0.3, -0.25) is 24.0 Å². The van der Waals surface area contributed by atoms with Gasteiger partial charge in [0.1, 0.15) is 17.3 Å². The summed E-state index contributed by atoms with van der Waals surface area (Å²) in [4.78, 5) is 71.6. The second kappa shape index (κ2) is 12.5. The first-order valence-electron chi connectivity index (χ1n) is 22.1. The zero-order chi connectivity index (χ0) is 38.4. The Morgan fingerprint density at radius 3 is 2.11 bits per heavy atom. The van der Waals surface area contributed by atoms with Crippen LogP contribution in [0.15, 0.2) is 0 Å². The lowest BCUT2D eigenvalue weighted by Crippen LogP contribution is -2.64. The van der Waals surface area contributed by atoms with Crippen LogP contribution in [0.25, 0.3) is 0 Å². The Balaban J connectivity index is 1.02. The molecule has 4 heterocycles. The van der Waals surface area contributed by atoms with Crippen molar-refractivity contribution in [2.45, 2.75) is 154 Å². The molecule has 10 bridgehead atoms. The maximum absolute atomic E-state index is 15.6. The molecule has 10 heteroatoms. The number of carbonyl (C=O) groups is 5. The van der Waals surface area contributed by atoms with Crippen LogP contribution in [0, 0.1) is 87.8 Å². The summed E-state index contributed by atoms with van der Waals surface area (Å²) in [5, 5.41) is 0. The molecule has 0 radical (unpaired) electrons. The molecule has 0 aromatic rings. The van der Waals surface area contributed by atoms with Gasteiger partial charge >= 0.3 is 29.8 Å². The minimum absolute atomic E-state index is 0.0157. The van der Waals surface area contributed by atoms with Crippen molar-refractivity contribution in [3.8, 4) is 0 Å². The predicted octanol–water partition coefficient (Wildman–Crippen LogP) is 6.99. The van der Waals surface area contributed by atoms with Crippen molar-refractivity contribution < 1.29 is 47.7 Å². The number of esters is 5. The molecule has 0 aromatic carbocycles. The van der Waals surface area contributed by atoms with E-state index in [0.29, 0.717) is 62.4 Å². The summed E-state index contributed by atoms with van der Waals surface area (Å²) in [5.74, 6) is -1.28. The molecule has 0 spiro atoms. The molecule has 0 amide bonds. The molecule has 12 fully saturated rings. The number of ether oxygens (including phenoxy) is 5. The zero-order valence-corrected chi connectivity index (χ0v) is 33.6. The number of cyclic esters (lactones) is 2. The third-order valence-electron chi connectivity index (χ3n) is 18.7. The molecule has 12 rings (SSSR count). The summed E-state index contributed by atoms with van der Waals surface area (Å²) in [5.41, 5.74) is -4.42. The van der Waals surface area contributed by atoms with Crippen molar-refractivity contribution in [1.82, 2.24) is 0 Å². The first-order valence-corrected chi connectivity index (χ1v) is 22.1. The average Bonchev–Trinajstić information content (AvgIpc) is 3.78. The van der Waals surface area contributed by atoms with Crippen LogP contribution in [0.3, 0.4) is 0 Å². The van der Waals surface area contributed by atoms with Gasteiger partial charge in [-0.15, -0.1) is 0 Å². The zero-order valence-electron chi connectivity index (χ0n) is 33.6. The quantitative estimate of drug-likeness (QED) is 0.145. The van der Waals surface area contributed by atoms with Crippen LogP contribution < -0.4 is 0 Å². The molecule has 4 aliphatic heterocycles. The maximum atomic E-state index is 15.6. The van der Waals surface area contributed by atoms with E-state index in [1.165, 1.54) is 6.42 Å². The largest absolute Gasteiger partial charge is 0.462 e. The second-order valence-corrected chi connectivity index (χ2v) is 21.6. The Labute approximate surface area is 325 Å². The Hall–Kier alpha value is -2.49. The Bertz CT molecular complexity index is 1640. The lowest BCUT2D eigenvalue weighted by Gasteiger charge is -2.60. The summed E-state index contributed by atoms with van der Waals surface area (Å²) in [6.45, 7) is 10.2. The minimum atomic E-state index is -1.49. The smallest absolute Gasteiger partial charge is 0.320 e. The third kappa shape index (κ3) is 5.36. The van der Waals surface area contributed by atoms with Crippen LogP contribution in [0.4, 0.5) is 0 Å². The summed E-state index contributed by atoms with van der Waals surface area (Å²) >= 11 is 0. The summed E-state index contributed by atoms with van der Waals surface area (Å²) in [7, 11) is 0. The highest BCUT2D eigenvalue weighted by Crippen LogP contribution is 2.63. The van der Waals surface area contributed by atoms with Crippen LogP contribution in [-0.4, -0.2) is 59.9 Å². The number of fused-ring (bicyclic) bond motifs is 3. The summed E-state index contributed by atoms with van der Waals surface area (Å²) in [6.07, 6.45) is 11.9. The standard InChI is InChI=1S/C45H62O10/c1-22-26-8-9-27(18-26)33(22)34-35(39(48)53-38(34)47)36-32(7-6-10-51-36)43(4,41(50)54-44(5)29-13-23-11-24(15-29)16-30(44)14-23)42(2,3)40(49)55-45-19-25-12-28(20-45)37(46)52-31(17-25)21-45/h22-36H,6-21H2,1-5H3. The van der Waals surface area contributed by atoms with Gasteiger partial charge in [-0.2, -0.15) is 0 Å². The van der Waals surface area contributed by atoms with Gasteiger partial charge in [0.05, 0.1) is 34.7 Å². The van der Waals surface area contributed by atoms with Gasteiger partial charge in [0.15, 0.2) is 0 Å². The number of rotatable bonds is 8. The molecule has 0 N–H and O–H groups in total. The van der Waals surface area contributed by atoms with Gasteiger partial charge in [-0.25, -0.2) is 0 Å². The Morgan fingerprint density at radius 2 is 1.42 bits per heavy atom. The summed E-state index contributed by atoms with van der Waals surface area (Å²) in [6, 6.07) is 0. The van der Waals surface area contributed by atoms with E-state index in [2.05, 4.69) is 13.8 Å². The highest BCUT2D eigenvalue weighted by Gasteiger charge is 2.68. The SMILES string of the molecule is CC1C2CCC(C2)C1C1C(=O)OC(=O)C1C1OCCCC1C(C)(C(=O)OC1(C)C2CC3CC(C2)CC1C3)C(C)(C)C(=O)OC12CC3CC(C1)OC(=O)C(C3)C2. The van der Waals surface area contributed by atoms with Gasteiger partial charge in [-0.1, -0.05) is 6.92 Å². The van der Waals surface area contributed by atoms with Crippen molar-refractivity contribution in [3.63, 3.8) is 0 Å². The van der Waals surface area contributed by atoms with Crippen molar-refractivity contribution >= 4 is 29.8 Å². The van der Waals surface area contributed by atoms with Crippen molar-refractivity contribution in [1.29, 1.82) is 0 Å². The fraction of sp³-hybridized carbons (Fsp3) is 0.889. The van der Waals surface area contributed by atoms with Crippen LogP contribution in [0.1, 0.15) is 131 Å². The average molecular weight is 763 g/mol. The van der Waals surface area contributed by atoms with E-state index in [1.807, 2.05) is 20.8 Å². The third-order valence-corrected chi connectivity index (χ3v) is 18.7. The fourth-order valence-corrected chi connectivity index (χ4v) is 15.8. The van der Waals surface area contributed by atoms with Gasteiger partial charge in [0, 0.05) is 25.4 Å². The maximum Gasteiger partial charge on any atom is 0.320 e. The Kier molecular flexibility index (Phi) is 8.37. The molecule has 13 unspecified atom stereocenters. The minimum Gasteiger partial charge on any atom is -0.462 e. The molecule has 12 aliphatic rings. The molecule has 13 atom stereocenters. The predicted molar refractivity (Wildman–Crippen MR) is 196 cm³/mol. The highest BCUT2D eigenvalue weighted by atomic mass is 16.6. The van der Waals surface area contributed by atoms with Crippen molar-refractivity contribution in [2.75, 3.05) is 6.61 Å². The molecular formula is C45H62O10. The molecule has 10 nitrogen and oxygen atoms in total. The molecular weight excluding hydrogens is 700 g/mol. The van der Waals surface area contributed by atoms with Gasteiger partial charge in [0.2, 0.25) is 0 Å². The van der Waals surface area contributed by atoms with Gasteiger partial charge < -0.3 is 23.7 Å². The van der Waals surface area contributed by atoms with E-state index in [1.54, 1.807) is 0 Å². The first-order chi connectivity index (χ1) is 26.1. The molecule has 8 saturated carbocycles.